The number of fused-ring (bicyclic) bond motifs is 1. The van der Waals surface area contributed by atoms with E-state index in [1.165, 1.54) is 36.1 Å². The van der Waals surface area contributed by atoms with Gasteiger partial charge in [-0.05, 0) is 49.4 Å². The van der Waals surface area contributed by atoms with E-state index in [2.05, 4.69) is 25.7 Å². The minimum Gasteiger partial charge on any atom is -0.352 e. The molecule has 216 valence electrons. The highest BCUT2D eigenvalue weighted by molar-refractivity contribution is 5.96. The number of imidazole rings is 1. The average molecular weight is 568 g/mol. The van der Waals surface area contributed by atoms with Gasteiger partial charge in [0.25, 0.3) is 5.91 Å². The van der Waals surface area contributed by atoms with E-state index in [4.69, 9.17) is 11.0 Å². The van der Waals surface area contributed by atoms with Crippen molar-refractivity contribution in [2.45, 2.75) is 58.8 Å². The van der Waals surface area contributed by atoms with Crippen molar-refractivity contribution in [3.05, 3.63) is 59.8 Å². The first-order valence-corrected chi connectivity index (χ1v) is 13.4. The molecule has 3 aromatic heterocycles. The molecule has 4 N–H and O–H groups in total. The number of halogens is 3. The lowest BCUT2D eigenvalue weighted by atomic mass is 10.0. The molecule has 0 aliphatic heterocycles. The molecule has 13 heteroatoms. The minimum absolute atomic E-state index is 0.149. The van der Waals surface area contributed by atoms with Crippen LogP contribution in [0.1, 0.15) is 61.8 Å². The second kappa shape index (κ2) is 12.0. The molecule has 41 heavy (non-hydrogen) atoms. The molecule has 4 aromatic rings. The topological polar surface area (TPSA) is 139 Å². The summed E-state index contributed by atoms with van der Waals surface area (Å²) in [6, 6.07) is 6.45. The van der Waals surface area contributed by atoms with Crippen LogP contribution in [0.3, 0.4) is 0 Å². The Kier molecular flexibility index (Phi) is 8.63. The Bertz CT molecular complexity index is 1580. The Morgan fingerprint density at radius 1 is 1.29 bits per heavy atom. The van der Waals surface area contributed by atoms with Crippen molar-refractivity contribution in [3.8, 4) is 17.3 Å². The van der Waals surface area contributed by atoms with Gasteiger partial charge in [0, 0.05) is 42.4 Å². The molecule has 0 spiro atoms. The van der Waals surface area contributed by atoms with Crippen molar-refractivity contribution >= 4 is 23.1 Å². The number of carbonyl (C=O) groups is 1. The number of rotatable bonds is 8. The van der Waals surface area contributed by atoms with Crippen LogP contribution >= 0.6 is 0 Å². The lowest BCUT2D eigenvalue weighted by Crippen LogP contribution is -2.28. The summed E-state index contributed by atoms with van der Waals surface area (Å²) in [4.78, 5) is 21.4. The summed E-state index contributed by atoms with van der Waals surface area (Å²) in [6.45, 7) is 7.94. The normalized spacial score (nSPS) is 16.9. The lowest BCUT2D eigenvalue weighted by Gasteiger charge is -2.13. The van der Waals surface area contributed by atoms with Crippen LogP contribution in [0.25, 0.3) is 16.9 Å². The van der Waals surface area contributed by atoms with E-state index in [0.717, 1.165) is 16.7 Å². The zero-order chi connectivity index (χ0) is 29.9. The monoisotopic (exact) mass is 567 g/mol. The van der Waals surface area contributed by atoms with Gasteiger partial charge < -0.3 is 16.4 Å². The summed E-state index contributed by atoms with van der Waals surface area (Å²) in [7, 11) is 0. The number of hydrogen-bond donors (Lipinski definition) is 3. The Hall–Kier alpha value is -4.44. The molecule has 3 heterocycles. The molecule has 3 atom stereocenters. The van der Waals surface area contributed by atoms with Crippen LogP contribution in [0, 0.1) is 17.2 Å². The number of alkyl halides is 3. The van der Waals surface area contributed by atoms with Crippen molar-refractivity contribution in [3.63, 3.8) is 0 Å². The van der Waals surface area contributed by atoms with E-state index < -0.39 is 17.9 Å². The average Bonchev–Trinajstić information content (AvgIpc) is 3.31. The van der Waals surface area contributed by atoms with Gasteiger partial charge in [-0.25, -0.2) is 9.97 Å². The predicted molar refractivity (Wildman–Crippen MR) is 148 cm³/mol. The largest absolute Gasteiger partial charge is 0.435 e. The summed E-state index contributed by atoms with van der Waals surface area (Å²) in [5.74, 6) is 0.474. The number of benzene rings is 1. The van der Waals surface area contributed by atoms with Crippen molar-refractivity contribution < 1.29 is 18.0 Å². The van der Waals surface area contributed by atoms with Gasteiger partial charge in [0.05, 0.1) is 23.5 Å². The first-order chi connectivity index (χ1) is 19.6. The van der Waals surface area contributed by atoms with Gasteiger partial charge >= 0.3 is 6.18 Å². The summed E-state index contributed by atoms with van der Waals surface area (Å²) >= 11 is 0. The number of carbonyl (C=O) groups excluding carboxylic acids is 1. The first-order valence-electron chi connectivity index (χ1n) is 13.4. The van der Waals surface area contributed by atoms with E-state index in [1.54, 1.807) is 12.1 Å². The summed E-state index contributed by atoms with van der Waals surface area (Å²) in [5.41, 5.74) is 6.98. The maximum absolute atomic E-state index is 13.8. The third-order valence-electron chi connectivity index (χ3n) is 6.78. The van der Waals surface area contributed by atoms with Crippen molar-refractivity contribution in [2.24, 2.45) is 11.7 Å². The maximum Gasteiger partial charge on any atom is 0.435 e. The third-order valence-corrected chi connectivity index (χ3v) is 6.78. The number of anilines is 2. The minimum atomic E-state index is -4.73. The molecule has 5 rings (SSSR count). The standard InChI is InChI=1S/C26H26F3N9O.C2H6/c1-3-15-8-17(4-5-18(15)25(39)34-11-16-9-20(16)31)35-23-24-33-12-21(37(24)7-6-32-23)19-13-38(14(2)10-30)36-22(19)26(27,28)29;1-2/h4-8,12-14,16,20H,3,9,11,31H2,1-2H3,(H,32,35)(H,34,39);1-2H3. The molecular formula is C28H32F3N9O. The number of amides is 1. The van der Waals surface area contributed by atoms with Crippen LogP contribution in [0.15, 0.2) is 43.0 Å². The Labute approximate surface area is 235 Å². The van der Waals surface area contributed by atoms with Crippen LogP contribution in [0.5, 0.6) is 0 Å². The van der Waals surface area contributed by atoms with E-state index in [0.29, 0.717) is 41.6 Å². The van der Waals surface area contributed by atoms with Gasteiger partial charge in [0.1, 0.15) is 6.04 Å². The fraction of sp³-hybridized carbons (Fsp3) is 0.393. The number of nitriles is 1. The summed E-state index contributed by atoms with van der Waals surface area (Å²) in [6.07, 6.45) is 2.25. The van der Waals surface area contributed by atoms with Crippen molar-refractivity contribution in [1.29, 1.82) is 5.26 Å². The van der Waals surface area contributed by atoms with E-state index in [-0.39, 0.29) is 23.2 Å². The summed E-state index contributed by atoms with van der Waals surface area (Å²) in [5, 5.41) is 18.9. The lowest BCUT2D eigenvalue weighted by molar-refractivity contribution is -0.141. The number of aryl methyl sites for hydroxylation is 1. The molecule has 10 nitrogen and oxygen atoms in total. The molecule has 0 saturated heterocycles. The number of hydrogen-bond acceptors (Lipinski definition) is 7. The highest BCUT2D eigenvalue weighted by Gasteiger charge is 2.39. The first kappa shape index (κ1) is 29.5. The zero-order valence-corrected chi connectivity index (χ0v) is 23.2. The number of nitrogens with zero attached hydrogens (tertiary/aromatic N) is 6. The number of nitrogens with two attached hydrogens (primary N) is 1. The maximum atomic E-state index is 13.8. The Morgan fingerprint density at radius 2 is 2.02 bits per heavy atom. The number of aromatic nitrogens is 5. The van der Waals surface area contributed by atoms with Crippen molar-refractivity contribution in [1.82, 2.24) is 29.5 Å². The molecule has 3 unspecified atom stereocenters. The van der Waals surface area contributed by atoms with E-state index >= 15 is 0 Å². The second-order valence-electron chi connectivity index (χ2n) is 9.51. The molecule has 1 aliphatic carbocycles. The third kappa shape index (κ3) is 6.17. The summed E-state index contributed by atoms with van der Waals surface area (Å²) < 4.78 is 43.9. The van der Waals surface area contributed by atoms with Gasteiger partial charge in [-0.2, -0.15) is 23.5 Å². The highest BCUT2D eigenvalue weighted by atomic mass is 19.4. The second-order valence-corrected chi connectivity index (χ2v) is 9.51. The highest BCUT2D eigenvalue weighted by Crippen LogP contribution is 2.37. The van der Waals surface area contributed by atoms with Gasteiger partial charge in [-0.3, -0.25) is 13.9 Å². The van der Waals surface area contributed by atoms with Crippen molar-refractivity contribution in [2.75, 3.05) is 11.9 Å². The number of nitrogens with one attached hydrogen (secondary N) is 2. The van der Waals surface area contributed by atoms with Crippen LogP contribution < -0.4 is 16.4 Å². The van der Waals surface area contributed by atoms with Gasteiger partial charge in [-0.15, -0.1) is 0 Å². The van der Waals surface area contributed by atoms with E-state index in [1.807, 2.05) is 32.9 Å². The van der Waals surface area contributed by atoms with Gasteiger partial charge in [0.2, 0.25) is 0 Å². The predicted octanol–water partition coefficient (Wildman–Crippen LogP) is 5.11. The van der Waals surface area contributed by atoms with E-state index in [9.17, 15) is 18.0 Å². The molecule has 1 fully saturated rings. The molecule has 0 radical (unpaired) electrons. The quantitative estimate of drug-likeness (QED) is 0.269. The Balaban J connectivity index is 0.00000189. The van der Waals surface area contributed by atoms with Crippen LogP contribution in [0.4, 0.5) is 24.7 Å². The molecule has 1 saturated carbocycles. The van der Waals surface area contributed by atoms with Gasteiger partial charge in [-0.1, -0.05) is 20.8 Å². The molecule has 1 aliphatic rings. The zero-order valence-electron chi connectivity index (χ0n) is 23.2. The molecule has 1 amide bonds. The SMILES string of the molecule is CC.CCc1cc(Nc2nccn3c(-c4cn(C(C)C#N)nc4C(F)(F)F)cnc23)ccc1C(=O)NCC1CC1N. The van der Waals surface area contributed by atoms with Crippen LogP contribution in [-0.4, -0.2) is 42.6 Å². The van der Waals surface area contributed by atoms with Crippen LogP contribution in [-0.2, 0) is 12.6 Å². The smallest absolute Gasteiger partial charge is 0.352 e. The molecular weight excluding hydrogens is 535 g/mol. The van der Waals surface area contributed by atoms with Crippen LogP contribution in [0.2, 0.25) is 0 Å². The molecule has 0 bridgehead atoms. The molecule has 1 aromatic carbocycles. The fourth-order valence-corrected chi connectivity index (χ4v) is 4.40. The van der Waals surface area contributed by atoms with Gasteiger partial charge in [0.15, 0.2) is 17.2 Å². The Morgan fingerprint density at radius 3 is 2.66 bits per heavy atom. The fourth-order valence-electron chi connectivity index (χ4n) is 4.40.